The third-order valence-corrected chi connectivity index (χ3v) is 1.54. The Balaban J connectivity index is 0.000000640. The predicted octanol–water partition coefficient (Wildman–Crippen LogP) is -1.25. The zero-order chi connectivity index (χ0) is 5.98. The second-order valence-electron chi connectivity index (χ2n) is 2.21. The van der Waals surface area contributed by atoms with Crippen LogP contribution in [-0.2, 0) is 4.74 Å². The maximum absolute atomic E-state index is 5.11. The van der Waals surface area contributed by atoms with Crippen molar-refractivity contribution >= 4 is 0 Å². The van der Waals surface area contributed by atoms with Crippen molar-refractivity contribution in [2.24, 2.45) is 5.92 Å². The molecule has 0 aromatic heterocycles. The van der Waals surface area contributed by atoms with Gasteiger partial charge in [0.05, 0.1) is 6.10 Å². The Kier molecular flexibility index (Phi) is 4.10. The summed E-state index contributed by atoms with van der Waals surface area (Å²) in [4.78, 5) is 0. The zero-order valence-corrected chi connectivity index (χ0v) is 6.35. The van der Waals surface area contributed by atoms with Gasteiger partial charge in [0.25, 0.3) is 0 Å². The van der Waals surface area contributed by atoms with Crippen LogP contribution in [0, 0.1) is 12.2 Å². The van der Waals surface area contributed by atoms with E-state index >= 15 is 0 Å². The fraction of sp³-hybridized carbons (Fsp3) is 0.714. The first-order valence-corrected chi connectivity index (χ1v) is 3.09. The molecule has 0 N–H and O–H groups in total. The summed E-state index contributed by atoms with van der Waals surface area (Å²) in [6, 6.07) is 0. The molecule has 1 aliphatic heterocycles. The third-order valence-electron chi connectivity index (χ3n) is 1.54. The fourth-order valence-electron chi connectivity index (χ4n) is 0.904. The van der Waals surface area contributed by atoms with Gasteiger partial charge in [-0.25, -0.2) is 6.08 Å². The molecule has 0 fully saturated rings. The van der Waals surface area contributed by atoms with Gasteiger partial charge in [0.2, 0.25) is 0 Å². The molecule has 9 heavy (non-hydrogen) atoms. The van der Waals surface area contributed by atoms with E-state index in [9.17, 15) is 0 Å². The van der Waals surface area contributed by atoms with Crippen molar-refractivity contribution in [2.45, 2.75) is 26.4 Å². The van der Waals surface area contributed by atoms with Crippen molar-refractivity contribution < 1.29 is 23.6 Å². The van der Waals surface area contributed by atoms with Crippen molar-refractivity contribution in [2.75, 3.05) is 0 Å². The Morgan fingerprint density at radius 3 is 2.56 bits per heavy atom. The van der Waals surface area contributed by atoms with Crippen LogP contribution in [0.4, 0.5) is 0 Å². The largest absolute Gasteiger partial charge is 1.00 e. The van der Waals surface area contributed by atoms with Crippen LogP contribution >= 0.6 is 0 Å². The minimum Gasteiger partial charge on any atom is -0.691 e. The van der Waals surface area contributed by atoms with Gasteiger partial charge < -0.3 is 11.0 Å². The average Bonchev–Trinajstić information content (AvgIpc) is 2.14. The van der Waals surface area contributed by atoms with Gasteiger partial charge in [-0.2, -0.15) is 0 Å². The summed E-state index contributed by atoms with van der Waals surface area (Å²) < 4.78 is 5.11. The molecular weight excluding hydrogens is 107 g/mol. The van der Waals surface area contributed by atoms with Gasteiger partial charge in [0.1, 0.15) is 0 Å². The van der Waals surface area contributed by atoms with E-state index in [1.165, 1.54) is 0 Å². The molecular formula is C7H11LiO. The number of hydrogen-bond donors (Lipinski definition) is 0. The molecule has 0 saturated carbocycles. The molecule has 1 aliphatic rings. The number of hydrogen-bond acceptors (Lipinski definition) is 1. The van der Waals surface area contributed by atoms with Crippen molar-refractivity contribution in [3.8, 4) is 0 Å². The van der Waals surface area contributed by atoms with Crippen LogP contribution < -0.4 is 18.9 Å². The van der Waals surface area contributed by atoms with Crippen molar-refractivity contribution in [1.29, 1.82) is 0 Å². The molecule has 0 bridgehead atoms. The quantitative estimate of drug-likeness (QED) is 0.309. The van der Waals surface area contributed by atoms with Crippen LogP contribution in [0.3, 0.4) is 0 Å². The molecule has 0 aromatic carbocycles. The van der Waals surface area contributed by atoms with Gasteiger partial charge in [-0.15, -0.1) is 0 Å². The minimum atomic E-state index is 0. The number of rotatable bonds is 1. The summed E-state index contributed by atoms with van der Waals surface area (Å²) in [6.07, 6.45) is 6.21. The number of ether oxygens (including phenoxy) is 1. The molecule has 0 amide bonds. The molecule has 46 valence electrons. The molecule has 0 saturated heterocycles. The topological polar surface area (TPSA) is 9.23 Å². The first kappa shape index (κ1) is 9.14. The summed E-state index contributed by atoms with van der Waals surface area (Å²) in [5.74, 6) is 0.569. The molecule has 0 aliphatic carbocycles. The Labute approximate surface area is 68.6 Å². The van der Waals surface area contributed by atoms with Gasteiger partial charge in [0.15, 0.2) is 0 Å². The molecule has 0 radical (unpaired) electrons. The molecule has 0 spiro atoms. The molecule has 1 nitrogen and oxygen atoms in total. The fourth-order valence-corrected chi connectivity index (χ4v) is 0.904. The Bertz CT molecular complexity index is 101. The maximum atomic E-state index is 5.11. The summed E-state index contributed by atoms with van der Waals surface area (Å²) in [7, 11) is 0. The Morgan fingerprint density at radius 1 is 1.67 bits per heavy atom. The first-order chi connectivity index (χ1) is 3.84. The van der Waals surface area contributed by atoms with Crippen LogP contribution in [0.2, 0.25) is 0 Å². The van der Waals surface area contributed by atoms with Crippen LogP contribution in [0.25, 0.3) is 0 Å². The third kappa shape index (κ3) is 2.08. The summed E-state index contributed by atoms with van der Waals surface area (Å²) in [6.45, 7) is 4.27. The monoisotopic (exact) mass is 118 g/mol. The van der Waals surface area contributed by atoms with Crippen molar-refractivity contribution in [3.63, 3.8) is 0 Å². The molecule has 1 rings (SSSR count). The Morgan fingerprint density at radius 2 is 2.33 bits per heavy atom. The van der Waals surface area contributed by atoms with E-state index in [1.54, 1.807) is 0 Å². The van der Waals surface area contributed by atoms with Crippen LogP contribution in [0.5, 0.6) is 0 Å². The predicted molar refractivity (Wildman–Crippen MR) is 32.1 cm³/mol. The average molecular weight is 118 g/mol. The molecule has 2 heteroatoms. The normalized spacial score (nSPS) is 31.3. The Hall–Kier alpha value is 0.137. The van der Waals surface area contributed by atoms with Crippen LogP contribution in [0.15, 0.2) is 6.08 Å². The second kappa shape index (κ2) is 4.03. The van der Waals surface area contributed by atoms with Gasteiger partial charge in [-0.05, 0) is 12.3 Å². The molecule has 2 atom stereocenters. The van der Waals surface area contributed by atoms with Gasteiger partial charge in [-0.1, -0.05) is 13.8 Å². The van der Waals surface area contributed by atoms with E-state index in [4.69, 9.17) is 4.74 Å². The van der Waals surface area contributed by atoms with Crippen LogP contribution in [0.1, 0.15) is 20.3 Å². The SMILES string of the molecule is CC[C@H]1O[C-]=C[C@@H]1C.[Li+]. The van der Waals surface area contributed by atoms with E-state index in [0.29, 0.717) is 12.0 Å². The summed E-state index contributed by atoms with van der Waals surface area (Å²) in [5, 5.41) is 0. The van der Waals surface area contributed by atoms with Gasteiger partial charge in [-0.3, -0.25) is 0 Å². The van der Waals surface area contributed by atoms with Gasteiger partial charge in [0, 0.05) is 0 Å². The smallest absolute Gasteiger partial charge is 0.691 e. The molecule has 1 heterocycles. The second-order valence-corrected chi connectivity index (χ2v) is 2.21. The van der Waals surface area contributed by atoms with Crippen molar-refractivity contribution in [1.82, 2.24) is 0 Å². The maximum Gasteiger partial charge on any atom is 1.00 e. The van der Waals surface area contributed by atoms with E-state index in [2.05, 4.69) is 20.1 Å². The minimum absolute atomic E-state index is 0. The standard InChI is InChI=1S/C7H11O.Li/c1-3-7-6(2)4-5-8-7;/h4,6-7H,3H2,1-2H3;/q-1;+1/t6-,7+;/m0./s1. The summed E-state index contributed by atoms with van der Waals surface area (Å²) in [5.41, 5.74) is 0. The van der Waals surface area contributed by atoms with Gasteiger partial charge >= 0.3 is 18.9 Å². The van der Waals surface area contributed by atoms with E-state index in [0.717, 1.165) is 6.42 Å². The van der Waals surface area contributed by atoms with E-state index in [1.807, 2.05) is 6.08 Å². The van der Waals surface area contributed by atoms with E-state index in [-0.39, 0.29) is 18.9 Å². The molecule has 0 aromatic rings. The molecule has 0 unspecified atom stereocenters. The summed E-state index contributed by atoms with van der Waals surface area (Å²) >= 11 is 0. The van der Waals surface area contributed by atoms with Crippen LogP contribution in [-0.4, -0.2) is 6.10 Å². The first-order valence-electron chi connectivity index (χ1n) is 3.09. The zero-order valence-electron chi connectivity index (χ0n) is 6.35. The van der Waals surface area contributed by atoms with Crippen molar-refractivity contribution in [3.05, 3.63) is 12.3 Å². The van der Waals surface area contributed by atoms with E-state index < -0.39 is 0 Å².